The number of methoxy groups -OCH3 is 3. The van der Waals surface area contributed by atoms with Gasteiger partial charge in [-0.1, -0.05) is 101 Å². The van der Waals surface area contributed by atoms with Crippen molar-refractivity contribution >= 4 is 23.5 Å². The zero-order valence-corrected chi connectivity index (χ0v) is 80.2. The van der Waals surface area contributed by atoms with Crippen LogP contribution < -0.4 is 0 Å². The molecule has 6 saturated carbocycles. The summed E-state index contributed by atoms with van der Waals surface area (Å²) in [6.45, 7) is 21.1. The number of ketones is 2. The number of allylic oxidation sites excluding steroid dienone is 2. The lowest BCUT2D eigenvalue weighted by Crippen LogP contribution is -2.69. The molecule has 5 saturated heterocycles. The van der Waals surface area contributed by atoms with Gasteiger partial charge in [-0.25, -0.2) is 4.79 Å². The van der Waals surface area contributed by atoms with Crippen LogP contribution in [0.15, 0.2) is 11.6 Å². The number of fused-ring (bicyclic) bond motifs is 7. The highest BCUT2D eigenvalue weighted by Gasteiger charge is 2.73. The van der Waals surface area contributed by atoms with Crippen LogP contribution in [-0.2, 0) is 95.0 Å². The quantitative estimate of drug-likeness (QED) is 0.0216. The molecule has 7 aliphatic carbocycles. The van der Waals surface area contributed by atoms with Crippen LogP contribution in [0.2, 0.25) is 0 Å². The van der Waals surface area contributed by atoms with Crippen LogP contribution >= 0.6 is 0 Å². The van der Waals surface area contributed by atoms with Crippen molar-refractivity contribution in [2.45, 2.75) is 426 Å². The van der Waals surface area contributed by atoms with Gasteiger partial charge in [0.1, 0.15) is 134 Å². The second-order valence-electron chi connectivity index (χ2n) is 43.0. The van der Waals surface area contributed by atoms with Crippen molar-refractivity contribution in [2.75, 3.05) is 61.0 Å². The van der Waals surface area contributed by atoms with E-state index in [1.807, 2.05) is 41.5 Å². The van der Waals surface area contributed by atoms with E-state index in [1.54, 1.807) is 6.92 Å². The predicted molar refractivity (Wildman–Crippen MR) is 466 cm³/mol. The number of carboxylic acid groups (broad SMARTS) is 1. The first kappa shape index (κ1) is 110. The standard InChI is InChI=1S/C95H158O39/c1-16-42(3)54(126-65(106)33-49(101)32-55(43(4)17-2)129-88-83(121-15)70(111)59(38-97)130-88)31-48(100)30-47(99)22-27-122-77-45(6)125-58(79(73(77)114)127-56-28-44(5)76(80(120-14)69(56)110)132-87-75(116)78(119-13)53(103)40-124-87)34-62(104)95-26-25-90(7,8)35-51(95)50-18-19-61-91(9)23-21-64(92(10,41-98)60(91)20-24-93(61,11)94(50,12)36-63(95)105)131-89-84(128-57-29-46(37-96)66(107)71(112)68(57)109)81(74(115)82(134-89)85(117)118)133-86-72(113)67(108)52(102)39-123-86/h18,42-46,48-49,51-61,63-64,66-84,86-89,96-98,100-103,105,107-116H,16-17,19-41H2,1-15H3,(H,117,118)/t42?,43?,44?,45?,46?,48?,49?,51?,52-,53-,54?,55?,56+,57+,58-,59+,60?,61?,63?,64?,66-,67?,68?,69?,70?,71?,72?,73?,74+,75?,76-,77-,78?,79?,80?,81?,82?,83?,84?,86-,87-,88+,89+,91-,92?,93+,94+,95-/m0/s1. The molecule has 0 aromatic rings. The Labute approximate surface area is 784 Å². The summed E-state index contributed by atoms with van der Waals surface area (Å²) in [5.74, 6) is -6.30. The lowest BCUT2D eigenvalue weighted by atomic mass is 9.33. The lowest BCUT2D eigenvalue weighted by molar-refractivity contribution is -0.371. The van der Waals surface area contributed by atoms with Crippen molar-refractivity contribution in [3.8, 4) is 0 Å². The van der Waals surface area contributed by atoms with Gasteiger partial charge in [-0.05, 0) is 135 Å². The van der Waals surface area contributed by atoms with E-state index in [0.29, 0.717) is 51.4 Å². The monoisotopic (exact) mass is 1920 g/mol. The summed E-state index contributed by atoms with van der Waals surface area (Å²) in [5.41, 5.74) is -3.92. The number of aliphatic hydroxyl groups is 18. The second-order valence-corrected chi connectivity index (χ2v) is 43.0. The molecule has 39 heteroatoms. The number of aliphatic carboxylic acids is 1. The van der Waals surface area contributed by atoms with Gasteiger partial charge in [-0.3, -0.25) is 14.4 Å². The number of carbonyl (C=O) groups excluding carboxylic acids is 3. The Bertz CT molecular complexity index is 3850. The Balaban J connectivity index is 0.769. The van der Waals surface area contributed by atoms with Gasteiger partial charge in [0.15, 0.2) is 31.3 Å². The fourth-order valence-corrected chi connectivity index (χ4v) is 25.6. The van der Waals surface area contributed by atoms with Gasteiger partial charge in [0, 0.05) is 71.4 Å². The van der Waals surface area contributed by atoms with Gasteiger partial charge in [0.25, 0.3) is 0 Å². The van der Waals surface area contributed by atoms with Crippen molar-refractivity contribution in [2.24, 2.45) is 73.9 Å². The second kappa shape index (κ2) is 44.9. The number of hydrogen-bond donors (Lipinski definition) is 19. The maximum absolute atomic E-state index is 16.6. The summed E-state index contributed by atoms with van der Waals surface area (Å²) < 4.78 is 98.7. The molecule has 5 aliphatic heterocycles. The summed E-state index contributed by atoms with van der Waals surface area (Å²) in [6.07, 6.45) is -45.6. The Morgan fingerprint density at radius 1 is 0.545 bits per heavy atom. The molecule has 39 nitrogen and oxygen atoms in total. The molecule has 0 radical (unpaired) electrons. The van der Waals surface area contributed by atoms with Crippen molar-refractivity contribution < 1.29 is 192 Å². The van der Waals surface area contributed by atoms with Gasteiger partial charge >= 0.3 is 11.9 Å². The van der Waals surface area contributed by atoms with E-state index in [1.165, 1.54) is 21.3 Å². The first-order valence-electron chi connectivity index (χ1n) is 48.7. The van der Waals surface area contributed by atoms with Crippen LogP contribution in [0, 0.1) is 73.9 Å². The van der Waals surface area contributed by atoms with E-state index in [2.05, 4.69) is 40.7 Å². The van der Waals surface area contributed by atoms with E-state index in [-0.39, 0.29) is 106 Å². The summed E-state index contributed by atoms with van der Waals surface area (Å²) >= 11 is 0. The Hall–Kier alpha value is -3.30. The predicted octanol–water partition coefficient (Wildman–Crippen LogP) is -0.176. The highest BCUT2D eigenvalue weighted by Crippen LogP contribution is 2.76. The Kier molecular flexibility index (Phi) is 36.7. The summed E-state index contributed by atoms with van der Waals surface area (Å²) in [6, 6.07) is 0. The van der Waals surface area contributed by atoms with Gasteiger partial charge < -0.3 is 173 Å². The van der Waals surface area contributed by atoms with E-state index >= 15 is 4.79 Å². The zero-order chi connectivity index (χ0) is 98.4. The maximum atomic E-state index is 16.6. The van der Waals surface area contributed by atoms with Crippen LogP contribution in [0.5, 0.6) is 0 Å². The highest BCUT2D eigenvalue weighted by atomic mass is 16.8. The van der Waals surface area contributed by atoms with Crippen molar-refractivity contribution in [3.63, 3.8) is 0 Å². The molecule has 12 rings (SSSR count). The normalized spacial score (nSPS) is 47.1. The van der Waals surface area contributed by atoms with Crippen molar-refractivity contribution in [1.82, 2.24) is 0 Å². The summed E-state index contributed by atoms with van der Waals surface area (Å²) in [4.78, 5) is 57.4. The van der Waals surface area contributed by atoms with E-state index < -0.39 is 322 Å². The SMILES string of the molecule is CCC(C)C(CC(O)CC(=O)CCO[C@H]1C(C)O[C@@H](CC(=O)[C@]23CCC(C)(C)CC2C2=CCC4[C@@]5(C)CCC(O[C@@H]6OC(C(=O)O)[C@H](O)C(O[C@@H]7OC[C@H](O)C(O)C7O)C6O[C@@H]6CC(CO)[C@H](O)C(O)C6O)C(C)(CO)C5CC[C@@]4(C)[C@]2(C)CC3O)C(O[C@@H]2CC(C)[C@H](O[C@@H]3OC[C@H](O)C(OC)C3O)C(OC)C2O)C1O)OC(=O)CC(O)CC(O[C@@H]1O[C@H](CO)C(O)C1OC)C(C)CC. The van der Waals surface area contributed by atoms with E-state index in [9.17, 15) is 111 Å². The number of Topliss-reactive ketones (excluding diaryl/α,β-unsaturated/α-hetero) is 2. The van der Waals surface area contributed by atoms with Gasteiger partial charge in [-0.2, -0.15) is 0 Å². The fourth-order valence-electron chi connectivity index (χ4n) is 25.6. The number of aliphatic hydroxyl groups excluding tert-OH is 18. The molecule has 11 fully saturated rings. The average molecular weight is 1920 g/mol. The molecule has 19 N–H and O–H groups in total. The number of ether oxygens (including phenoxy) is 16. The van der Waals surface area contributed by atoms with Crippen molar-refractivity contribution in [1.29, 1.82) is 0 Å². The molecule has 5 heterocycles. The van der Waals surface area contributed by atoms with Crippen LogP contribution in [-0.4, -0.2) is 402 Å². The summed E-state index contributed by atoms with van der Waals surface area (Å²) in [5, 5.41) is 215. The first-order chi connectivity index (χ1) is 63.1. The van der Waals surface area contributed by atoms with Gasteiger partial charge in [0.2, 0.25) is 0 Å². The lowest BCUT2D eigenvalue weighted by Gasteiger charge is -2.72. The molecule has 0 aromatic heterocycles. The number of carboxylic acids is 1. The molecule has 48 atom stereocenters. The van der Waals surface area contributed by atoms with Crippen molar-refractivity contribution in [3.05, 3.63) is 11.6 Å². The molecule has 30 unspecified atom stereocenters. The maximum Gasteiger partial charge on any atom is 0.335 e. The Morgan fingerprint density at radius 3 is 1.81 bits per heavy atom. The third-order valence-corrected chi connectivity index (χ3v) is 34.3. The zero-order valence-electron chi connectivity index (χ0n) is 80.2. The van der Waals surface area contributed by atoms with Crippen LogP contribution in [0.4, 0.5) is 0 Å². The number of esters is 1. The number of hydrogen-bond acceptors (Lipinski definition) is 38. The number of rotatable bonds is 39. The van der Waals surface area contributed by atoms with E-state index in [0.717, 1.165) is 5.57 Å². The fraction of sp³-hybridized carbons (Fsp3) is 0.937. The minimum atomic E-state index is -2.15. The minimum Gasteiger partial charge on any atom is -0.479 e. The third kappa shape index (κ3) is 21.7. The van der Waals surface area contributed by atoms with E-state index in [4.69, 9.17) is 75.8 Å². The average Bonchev–Trinajstić information content (AvgIpc) is 0.741. The third-order valence-electron chi connectivity index (χ3n) is 34.3. The minimum absolute atomic E-state index is 0.0235. The highest BCUT2D eigenvalue weighted by molar-refractivity contribution is 5.87. The molecule has 772 valence electrons. The van der Waals surface area contributed by atoms with Gasteiger partial charge in [0.05, 0.1) is 112 Å². The summed E-state index contributed by atoms with van der Waals surface area (Å²) in [7, 11) is 4.06. The molecular formula is C95H158O39. The molecule has 0 amide bonds. The van der Waals surface area contributed by atoms with Crippen LogP contribution in [0.1, 0.15) is 205 Å². The Morgan fingerprint density at radius 2 is 1.17 bits per heavy atom. The van der Waals surface area contributed by atoms with Crippen LogP contribution in [0.3, 0.4) is 0 Å². The first-order valence-corrected chi connectivity index (χ1v) is 48.7. The van der Waals surface area contributed by atoms with Crippen LogP contribution in [0.25, 0.3) is 0 Å². The molecule has 0 aromatic carbocycles. The molecule has 12 aliphatic rings. The molecule has 134 heavy (non-hydrogen) atoms. The number of carbonyl (C=O) groups is 4. The largest absolute Gasteiger partial charge is 0.479 e. The van der Waals surface area contributed by atoms with Gasteiger partial charge in [-0.15, -0.1) is 0 Å². The smallest absolute Gasteiger partial charge is 0.335 e. The molecule has 0 spiro atoms. The molecule has 0 bridgehead atoms. The topological polar surface area (TPSA) is 600 Å². The molecular weight excluding hydrogens is 1770 g/mol.